The van der Waals surface area contributed by atoms with Crippen LogP contribution in [0.2, 0.25) is 0 Å². The van der Waals surface area contributed by atoms with Crippen molar-refractivity contribution in [1.29, 1.82) is 0 Å². The topological polar surface area (TPSA) is 170 Å². The molecule has 2 saturated heterocycles. The van der Waals surface area contributed by atoms with Crippen LogP contribution >= 0.6 is 0 Å². The summed E-state index contributed by atoms with van der Waals surface area (Å²) in [5, 5.41) is 9.59. The van der Waals surface area contributed by atoms with Crippen molar-refractivity contribution < 1.29 is 28.7 Å². The van der Waals surface area contributed by atoms with E-state index in [0.29, 0.717) is 36.6 Å². The van der Waals surface area contributed by atoms with Crippen molar-refractivity contribution in [1.82, 2.24) is 35.7 Å². The molecule has 3 aliphatic heterocycles. The fraction of sp³-hybridized carbons (Fsp3) is 0.457. The highest BCUT2D eigenvalue weighted by molar-refractivity contribution is 5.96. The summed E-state index contributed by atoms with van der Waals surface area (Å²) in [5.74, 6) is 3.00. The molecule has 436 valence electrons. The molecule has 4 N–H and O–H groups in total. The lowest BCUT2D eigenvalue weighted by Gasteiger charge is -2.37. The lowest BCUT2D eigenvalue weighted by atomic mass is 9.75. The number of carbonyl (C=O) groups excluding carboxylic acids is 4. The average molecular weight is 1130 g/mol. The highest BCUT2D eigenvalue weighted by Crippen LogP contribution is 2.48. The summed E-state index contributed by atoms with van der Waals surface area (Å²) in [5.41, 5.74) is 12.2. The SMILES string of the molecule is COC(=O)N[C@H](C(=O)N1[C@H](C2=NCC(c3ccc(C4=C5C=C[C@@H](CCC6CC=C(C=C6c6ccc(-c7cnc([C@@H]8CC9CCCCC9N8C(=O)[C@@H](NC(=O)OC)C8C=CC=CC8)[nH]7)cc6)CC5)C4)cc3)N2)CC2CCCC[C@@H]21)c1ccccc1. The molecule has 12 atom stereocenters. The Morgan fingerprint density at radius 1 is 0.702 bits per heavy atom. The van der Waals surface area contributed by atoms with Gasteiger partial charge in [-0.25, -0.2) is 14.6 Å². The Hall–Kier alpha value is -7.74. The van der Waals surface area contributed by atoms with Gasteiger partial charge >= 0.3 is 12.2 Å². The lowest BCUT2D eigenvalue weighted by molar-refractivity contribution is -0.138. The maximum atomic E-state index is 14.8. The molecule has 4 aromatic rings. The summed E-state index contributed by atoms with van der Waals surface area (Å²) in [6.45, 7) is 0.605. The van der Waals surface area contributed by atoms with Gasteiger partial charge in [-0.05, 0) is 152 Å². The third-order valence-electron chi connectivity index (χ3n) is 20.3. The molecule has 4 amide bonds. The molecule has 12 aliphatic rings. The quantitative estimate of drug-likeness (QED) is 0.109. The van der Waals surface area contributed by atoms with Crippen molar-refractivity contribution in [3.8, 4) is 11.3 Å². The van der Waals surface area contributed by atoms with Crippen LogP contribution in [0.15, 0.2) is 150 Å². The van der Waals surface area contributed by atoms with E-state index < -0.39 is 24.3 Å². The van der Waals surface area contributed by atoms with Crippen LogP contribution < -0.4 is 16.0 Å². The van der Waals surface area contributed by atoms with Gasteiger partial charge < -0.3 is 40.2 Å². The summed E-state index contributed by atoms with van der Waals surface area (Å²) >= 11 is 0. The number of amidine groups is 1. The number of H-pyrrole nitrogens is 1. The summed E-state index contributed by atoms with van der Waals surface area (Å²) in [6, 6.07) is 25.9. The number of hydrogen-bond donors (Lipinski definition) is 4. The molecule has 14 nitrogen and oxygen atoms in total. The van der Waals surface area contributed by atoms with Crippen LogP contribution in [0, 0.1) is 29.6 Å². The molecule has 84 heavy (non-hydrogen) atoms. The number of ether oxygens (including phenoxy) is 2. The summed E-state index contributed by atoms with van der Waals surface area (Å²) in [6.07, 6.45) is 35.8. The number of carbonyl (C=O) groups is 4. The highest BCUT2D eigenvalue weighted by Gasteiger charge is 2.51. The third kappa shape index (κ3) is 11.2. The molecule has 0 radical (unpaired) electrons. The van der Waals surface area contributed by atoms with Gasteiger partial charge in [0.25, 0.3) is 5.91 Å². The second-order valence-corrected chi connectivity index (χ2v) is 25.0. The third-order valence-corrected chi connectivity index (χ3v) is 20.3. The fourth-order valence-electron chi connectivity index (χ4n) is 15.9. The fourth-order valence-corrected chi connectivity index (χ4v) is 15.9. The Balaban J connectivity index is 0.680. The molecule has 16 rings (SSSR count). The van der Waals surface area contributed by atoms with E-state index in [4.69, 9.17) is 19.5 Å². The van der Waals surface area contributed by atoms with Crippen molar-refractivity contribution in [3.05, 3.63) is 173 Å². The Morgan fingerprint density at radius 2 is 1.40 bits per heavy atom. The van der Waals surface area contributed by atoms with Gasteiger partial charge in [0.2, 0.25) is 5.91 Å². The van der Waals surface area contributed by atoms with Gasteiger partial charge in [-0.1, -0.05) is 159 Å². The van der Waals surface area contributed by atoms with Crippen LogP contribution in [-0.4, -0.2) is 94.5 Å². The number of imidazole rings is 1. The van der Waals surface area contributed by atoms with E-state index in [2.05, 4.69) is 110 Å². The van der Waals surface area contributed by atoms with Gasteiger partial charge in [0.15, 0.2) is 0 Å². The normalized spacial score (nSPS) is 28.6. The first kappa shape index (κ1) is 55.4. The number of likely N-dealkylation sites (tertiary alicyclic amines) is 2. The number of nitrogens with zero attached hydrogens (tertiary/aromatic N) is 4. The number of aromatic nitrogens is 2. The maximum Gasteiger partial charge on any atom is 0.407 e. The number of benzene rings is 3. The Kier molecular flexibility index (Phi) is 16.1. The first-order chi connectivity index (χ1) is 41.2. The number of rotatable bonds is 12. The van der Waals surface area contributed by atoms with Gasteiger partial charge in [0.1, 0.15) is 23.7 Å². The summed E-state index contributed by atoms with van der Waals surface area (Å²) < 4.78 is 10.0. The predicted molar refractivity (Wildman–Crippen MR) is 327 cm³/mol. The number of alkyl carbamates (subject to hydrolysis) is 2. The van der Waals surface area contributed by atoms with E-state index >= 15 is 0 Å². The number of amides is 4. The minimum absolute atomic E-state index is 0.00622. The van der Waals surface area contributed by atoms with Crippen LogP contribution in [0.1, 0.15) is 155 Å². The molecule has 9 aliphatic carbocycles. The van der Waals surface area contributed by atoms with Gasteiger partial charge in [0.05, 0.1) is 50.8 Å². The number of methoxy groups -OCH3 is 2. The standard InChI is InChI=1S/C70H80N8O6/c1-83-69(81)75-63(51-13-5-3-6-14-51)67(79)77-59-19-11-9-17-53(59)39-61(77)65-71-41-57(73-65)49-33-29-47(30-34-49)55-37-43-21-25-45(55)27-23-44-22-26-46(28-24-43)56(38-44)48-31-35-50(36-32-48)58-42-72-66(74-58)62-40-54-18-10-12-20-60(54)78(62)68(80)64(76-70(82)84-2)52-15-7-4-8-16-52/h3-8,13-15,21-22,25,29-36,38,42-43,46,52-54,57,59-64H,9-12,16-20,23-24,26-28,37,39-41H2,1-2H3,(H,71,73)(H,72,74)(H,75,81)(H,76,82)/t43-,46?,52?,53?,54?,57?,59-,60?,61-,62-,63-,64-/m0/s1. The zero-order chi connectivity index (χ0) is 57.3. The average Bonchev–Trinajstić information content (AvgIpc) is 3.01. The van der Waals surface area contributed by atoms with Crippen LogP contribution in [0.5, 0.6) is 0 Å². The predicted octanol–water partition coefficient (Wildman–Crippen LogP) is 13.0. The second-order valence-electron chi connectivity index (χ2n) is 25.0. The molecule has 14 heteroatoms. The number of allylic oxidation sites excluding steroid dienone is 11. The van der Waals surface area contributed by atoms with E-state index in [1.807, 2.05) is 54.8 Å². The van der Waals surface area contributed by atoms with E-state index in [0.717, 1.165) is 118 Å². The molecular formula is C70H80N8O6. The minimum Gasteiger partial charge on any atom is -0.453 e. The molecule has 1 aromatic heterocycles. The Labute approximate surface area is 494 Å². The van der Waals surface area contributed by atoms with Crippen LogP contribution in [0.25, 0.3) is 22.4 Å². The van der Waals surface area contributed by atoms with E-state index in [9.17, 15) is 19.2 Å². The first-order valence-electron chi connectivity index (χ1n) is 31.3. The zero-order valence-corrected chi connectivity index (χ0v) is 48.6. The van der Waals surface area contributed by atoms with E-state index in [1.165, 1.54) is 66.0 Å². The molecule has 0 spiro atoms. The van der Waals surface area contributed by atoms with Crippen LogP contribution in [0.3, 0.4) is 0 Å². The second kappa shape index (κ2) is 24.5. The largest absolute Gasteiger partial charge is 0.453 e. The van der Waals surface area contributed by atoms with Crippen LogP contribution in [0.4, 0.5) is 9.59 Å². The molecule has 4 bridgehead atoms. The summed E-state index contributed by atoms with van der Waals surface area (Å²) in [7, 11) is 2.68. The van der Waals surface area contributed by atoms with Crippen molar-refractivity contribution in [3.63, 3.8) is 0 Å². The molecule has 2 saturated carbocycles. The van der Waals surface area contributed by atoms with Crippen LogP contribution in [-0.2, 0) is 19.1 Å². The monoisotopic (exact) mass is 1130 g/mol. The molecular weight excluding hydrogens is 1050 g/mol. The molecule has 4 fully saturated rings. The maximum absolute atomic E-state index is 14.8. The molecule has 4 heterocycles. The number of nitrogens with one attached hydrogen (secondary N) is 4. The number of fused-ring (bicyclic) bond motifs is 2. The van der Waals surface area contributed by atoms with Gasteiger partial charge in [0, 0.05) is 18.0 Å². The number of aliphatic imine (C=N–C) groups is 1. The minimum atomic E-state index is -0.858. The van der Waals surface area contributed by atoms with Gasteiger partial charge in [-0.2, -0.15) is 0 Å². The Morgan fingerprint density at radius 3 is 2.14 bits per heavy atom. The smallest absolute Gasteiger partial charge is 0.407 e. The van der Waals surface area contributed by atoms with Gasteiger partial charge in [-0.15, -0.1) is 0 Å². The van der Waals surface area contributed by atoms with Gasteiger partial charge in [-0.3, -0.25) is 14.6 Å². The van der Waals surface area contributed by atoms with E-state index in [-0.39, 0.29) is 47.9 Å². The lowest BCUT2D eigenvalue weighted by Crippen LogP contribution is -2.54. The zero-order valence-electron chi connectivity index (χ0n) is 48.6. The Bertz CT molecular complexity index is 3340. The van der Waals surface area contributed by atoms with E-state index in [1.54, 1.807) is 0 Å². The first-order valence-corrected chi connectivity index (χ1v) is 31.3. The van der Waals surface area contributed by atoms with Crippen molar-refractivity contribution >= 4 is 41.0 Å². The number of aromatic amines is 1. The van der Waals surface area contributed by atoms with Crippen molar-refractivity contribution in [2.45, 2.75) is 151 Å². The van der Waals surface area contributed by atoms with Crippen molar-refractivity contribution in [2.75, 3.05) is 20.8 Å². The number of hydrogen-bond acceptors (Lipinski definition) is 9. The highest BCUT2D eigenvalue weighted by atomic mass is 16.5. The molecule has 3 aromatic carbocycles. The van der Waals surface area contributed by atoms with Crippen molar-refractivity contribution in [2.24, 2.45) is 34.6 Å². The molecule has 6 unspecified atom stereocenters. The summed E-state index contributed by atoms with van der Waals surface area (Å²) in [4.78, 5) is 72.8.